The molecule has 2 fully saturated rings. The van der Waals surface area contributed by atoms with Crippen molar-refractivity contribution in [2.24, 2.45) is 5.92 Å². The Morgan fingerprint density at radius 2 is 1.95 bits per heavy atom. The number of aromatic nitrogens is 2. The molecule has 2 atom stereocenters. The van der Waals surface area contributed by atoms with Crippen molar-refractivity contribution in [1.29, 1.82) is 0 Å². The van der Waals surface area contributed by atoms with E-state index in [-0.39, 0.29) is 0 Å². The van der Waals surface area contributed by atoms with Crippen molar-refractivity contribution in [2.45, 2.75) is 50.5 Å². The van der Waals surface area contributed by atoms with Gasteiger partial charge in [0, 0.05) is 18.5 Å². The number of hydrogen-bond donors (Lipinski definition) is 2. The van der Waals surface area contributed by atoms with Gasteiger partial charge in [-0.2, -0.15) is 5.10 Å². The van der Waals surface area contributed by atoms with E-state index < -0.39 is 0 Å². The van der Waals surface area contributed by atoms with Crippen molar-refractivity contribution >= 4 is 5.82 Å². The van der Waals surface area contributed by atoms with Gasteiger partial charge in [0.25, 0.3) is 0 Å². The van der Waals surface area contributed by atoms with E-state index in [4.69, 9.17) is 5.10 Å². The van der Waals surface area contributed by atoms with Crippen LogP contribution < -0.4 is 10.6 Å². The third-order valence-electron chi connectivity index (χ3n) is 5.24. The molecule has 2 N–H and O–H groups in total. The second-order valence-electron chi connectivity index (χ2n) is 6.42. The average Bonchev–Trinajstić information content (AvgIpc) is 2.93. The minimum absolute atomic E-state index is 0.667. The van der Waals surface area contributed by atoms with Crippen LogP contribution in [-0.4, -0.2) is 29.4 Å². The first-order valence-corrected chi connectivity index (χ1v) is 7.96. The number of nitrogens with one attached hydrogen (secondary N) is 2. The summed E-state index contributed by atoms with van der Waals surface area (Å²) in [5.41, 5.74) is 1.33. The molecule has 2 unspecified atom stereocenters. The fraction of sp³-hybridized carbons (Fsp3) is 0.800. The van der Waals surface area contributed by atoms with Gasteiger partial charge in [0.1, 0.15) is 5.82 Å². The van der Waals surface area contributed by atoms with Gasteiger partial charge in [0.05, 0.1) is 11.7 Å². The first-order chi connectivity index (χ1) is 9.42. The van der Waals surface area contributed by atoms with Crippen molar-refractivity contribution in [3.8, 4) is 0 Å². The maximum atomic E-state index is 4.99. The van der Waals surface area contributed by atoms with Crippen LogP contribution in [0, 0.1) is 5.92 Å². The Kier molecular flexibility index (Phi) is 2.98. The zero-order chi connectivity index (χ0) is 12.7. The van der Waals surface area contributed by atoms with E-state index in [1.807, 2.05) is 0 Å². The number of rotatable bonds is 1. The fourth-order valence-electron chi connectivity index (χ4n) is 4.10. The van der Waals surface area contributed by atoms with Gasteiger partial charge in [0.2, 0.25) is 0 Å². The first-order valence-electron chi connectivity index (χ1n) is 7.96. The zero-order valence-corrected chi connectivity index (χ0v) is 11.6. The summed E-state index contributed by atoms with van der Waals surface area (Å²) in [6, 6.07) is 2.99. The molecule has 0 amide bonds. The van der Waals surface area contributed by atoms with Gasteiger partial charge in [-0.25, -0.2) is 4.68 Å². The monoisotopic (exact) mass is 260 g/mol. The van der Waals surface area contributed by atoms with Gasteiger partial charge in [-0.15, -0.1) is 0 Å². The Balaban J connectivity index is 1.61. The van der Waals surface area contributed by atoms with Gasteiger partial charge in [0.15, 0.2) is 0 Å². The molecule has 4 nitrogen and oxygen atoms in total. The molecule has 2 aliphatic heterocycles. The van der Waals surface area contributed by atoms with Gasteiger partial charge in [-0.05, 0) is 44.7 Å². The highest BCUT2D eigenvalue weighted by atomic mass is 15.4. The lowest BCUT2D eigenvalue weighted by atomic mass is 9.83. The number of nitrogens with zero attached hydrogens (tertiary/aromatic N) is 2. The van der Waals surface area contributed by atoms with E-state index in [0.29, 0.717) is 12.0 Å². The van der Waals surface area contributed by atoms with Crippen LogP contribution in [0.15, 0.2) is 6.07 Å². The molecule has 1 aromatic heterocycles. The molecule has 1 saturated heterocycles. The molecule has 0 spiro atoms. The number of fused-ring (bicyclic) bond motifs is 3. The highest BCUT2D eigenvalue weighted by Crippen LogP contribution is 2.40. The molecule has 19 heavy (non-hydrogen) atoms. The first kappa shape index (κ1) is 11.8. The maximum Gasteiger partial charge on any atom is 0.124 e. The molecule has 4 rings (SSSR count). The average molecular weight is 260 g/mol. The van der Waals surface area contributed by atoms with Crippen LogP contribution in [0.25, 0.3) is 0 Å². The summed E-state index contributed by atoms with van der Waals surface area (Å²) in [5.74, 6) is 2.75. The van der Waals surface area contributed by atoms with Gasteiger partial charge < -0.3 is 10.6 Å². The zero-order valence-electron chi connectivity index (χ0n) is 11.6. The Morgan fingerprint density at radius 1 is 1.11 bits per heavy atom. The van der Waals surface area contributed by atoms with Crippen molar-refractivity contribution in [1.82, 2.24) is 15.1 Å². The molecule has 104 valence electrons. The number of hydrogen-bond acceptors (Lipinski definition) is 3. The predicted molar refractivity (Wildman–Crippen MR) is 76.6 cm³/mol. The standard InChI is InChI=1S/C15H24N4/c1-2-4-14-12(3-1)10-17-15-9-13(18-19(14)15)11-5-7-16-8-6-11/h9,11-12,14,16-17H,1-8,10H2. The molecule has 3 aliphatic rings. The fourth-order valence-corrected chi connectivity index (χ4v) is 4.10. The Hall–Kier alpha value is -1.03. The van der Waals surface area contributed by atoms with Crippen LogP contribution in [0.5, 0.6) is 0 Å². The molecule has 1 saturated carbocycles. The molecule has 1 aromatic rings. The highest BCUT2D eigenvalue weighted by Gasteiger charge is 2.33. The van der Waals surface area contributed by atoms with E-state index >= 15 is 0 Å². The topological polar surface area (TPSA) is 41.9 Å². The van der Waals surface area contributed by atoms with Crippen molar-refractivity contribution < 1.29 is 0 Å². The molecule has 1 aliphatic carbocycles. The van der Waals surface area contributed by atoms with Gasteiger partial charge >= 0.3 is 0 Å². The van der Waals surface area contributed by atoms with Crippen LogP contribution in [0.3, 0.4) is 0 Å². The van der Waals surface area contributed by atoms with Gasteiger partial charge in [-0.1, -0.05) is 12.8 Å². The van der Waals surface area contributed by atoms with Crippen molar-refractivity contribution in [3.63, 3.8) is 0 Å². The van der Waals surface area contributed by atoms with Crippen molar-refractivity contribution in [2.75, 3.05) is 25.0 Å². The summed E-state index contributed by atoms with van der Waals surface area (Å²) in [4.78, 5) is 0. The molecular weight excluding hydrogens is 236 g/mol. The van der Waals surface area contributed by atoms with Crippen LogP contribution >= 0.6 is 0 Å². The molecular formula is C15H24N4. The molecule has 0 aromatic carbocycles. The molecule has 0 bridgehead atoms. The third kappa shape index (κ3) is 2.06. The smallest absolute Gasteiger partial charge is 0.124 e. The van der Waals surface area contributed by atoms with Crippen LogP contribution in [0.4, 0.5) is 5.82 Å². The Bertz CT molecular complexity index is 447. The van der Waals surface area contributed by atoms with Crippen LogP contribution in [-0.2, 0) is 0 Å². The summed E-state index contributed by atoms with van der Waals surface area (Å²) in [6.45, 7) is 3.45. The largest absolute Gasteiger partial charge is 0.370 e. The van der Waals surface area contributed by atoms with E-state index in [1.54, 1.807) is 0 Å². The lowest BCUT2D eigenvalue weighted by Crippen LogP contribution is -2.35. The normalized spacial score (nSPS) is 31.4. The lowest BCUT2D eigenvalue weighted by molar-refractivity contribution is 0.221. The second kappa shape index (κ2) is 4.82. The minimum Gasteiger partial charge on any atom is -0.370 e. The lowest BCUT2D eigenvalue weighted by Gasteiger charge is -2.36. The van der Waals surface area contributed by atoms with Crippen LogP contribution in [0.1, 0.15) is 56.2 Å². The molecule has 0 radical (unpaired) electrons. The Morgan fingerprint density at radius 3 is 2.84 bits per heavy atom. The Labute approximate surface area is 115 Å². The number of piperidine rings is 1. The summed E-state index contributed by atoms with van der Waals surface area (Å²) in [7, 11) is 0. The van der Waals surface area contributed by atoms with E-state index in [9.17, 15) is 0 Å². The predicted octanol–water partition coefficient (Wildman–Crippen LogP) is 2.51. The number of anilines is 1. The summed E-state index contributed by atoms with van der Waals surface area (Å²) < 4.78 is 2.32. The SMILES string of the molecule is c1c(C2CCNCC2)nn2c1NCC1CCCCC12. The van der Waals surface area contributed by atoms with Crippen molar-refractivity contribution in [3.05, 3.63) is 11.8 Å². The van der Waals surface area contributed by atoms with E-state index in [2.05, 4.69) is 21.4 Å². The molecule has 4 heteroatoms. The third-order valence-corrected chi connectivity index (χ3v) is 5.24. The summed E-state index contributed by atoms with van der Waals surface area (Å²) in [6.07, 6.45) is 7.96. The minimum atomic E-state index is 0.667. The quantitative estimate of drug-likeness (QED) is 0.815. The van der Waals surface area contributed by atoms with E-state index in [1.165, 1.54) is 50.0 Å². The summed E-state index contributed by atoms with van der Waals surface area (Å²) >= 11 is 0. The highest BCUT2D eigenvalue weighted by molar-refractivity contribution is 5.41. The van der Waals surface area contributed by atoms with Crippen LogP contribution in [0.2, 0.25) is 0 Å². The van der Waals surface area contributed by atoms with E-state index in [0.717, 1.165) is 25.6 Å². The molecule has 3 heterocycles. The second-order valence-corrected chi connectivity index (χ2v) is 6.42. The maximum absolute atomic E-state index is 4.99. The van der Waals surface area contributed by atoms with Gasteiger partial charge in [-0.3, -0.25) is 0 Å². The summed E-state index contributed by atoms with van der Waals surface area (Å²) in [5, 5.41) is 12.0.